The Labute approximate surface area is 123 Å². The third kappa shape index (κ3) is 4.45. The lowest BCUT2D eigenvalue weighted by molar-refractivity contribution is -0.127. The summed E-state index contributed by atoms with van der Waals surface area (Å²) in [5.41, 5.74) is 0. The minimum absolute atomic E-state index is 0.0347. The summed E-state index contributed by atoms with van der Waals surface area (Å²) in [5, 5.41) is 6.52. The Balaban J connectivity index is 1.73. The normalized spacial score (nSPS) is 24.5. The van der Waals surface area contributed by atoms with E-state index in [9.17, 15) is 4.79 Å². The molecule has 1 saturated carbocycles. The molecule has 0 spiro atoms. The zero-order valence-electron chi connectivity index (χ0n) is 13.2. The SMILES string of the molecule is CNCC1CCN(C(C)C(=O)NC2CCCCC2)CC1. The van der Waals surface area contributed by atoms with Crippen LogP contribution in [0.4, 0.5) is 0 Å². The number of nitrogens with one attached hydrogen (secondary N) is 2. The topological polar surface area (TPSA) is 44.4 Å². The molecule has 2 aliphatic rings. The van der Waals surface area contributed by atoms with Gasteiger partial charge in [0.15, 0.2) is 0 Å². The van der Waals surface area contributed by atoms with Crippen LogP contribution >= 0.6 is 0 Å². The van der Waals surface area contributed by atoms with Crippen LogP contribution in [0.15, 0.2) is 0 Å². The predicted octanol–water partition coefficient (Wildman–Crippen LogP) is 1.76. The van der Waals surface area contributed by atoms with Gasteiger partial charge in [-0.3, -0.25) is 9.69 Å². The molecule has 20 heavy (non-hydrogen) atoms. The minimum Gasteiger partial charge on any atom is -0.352 e. The number of hydrogen-bond acceptors (Lipinski definition) is 3. The second kappa shape index (κ2) is 7.99. The number of likely N-dealkylation sites (tertiary alicyclic amines) is 1. The minimum atomic E-state index is 0.0347. The summed E-state index contributed by atoms with van der Waals surface area (Å²) < 4.78 is 0. The van der Waals surface area contributed by atoms with Crippen molar-refractivity contribution in [1.29, 1.82) is 0 Å². The largest absolute Gasteiger partial charge is 0.352 e. The first kappa shape index (κ1) is 15.8. The first-order valence-electron chi connectivity index (χ1n) is 8.39. The molecule has 116 valence electrons. The maximum Gasteiger partial charge on any atom is 0.237 e. The quantitative estimate of drug-likeness (QED) is 0.807. The van der Waals surface area contributed by atoms with E-state index in [1.54, 1.807) is 0 Å². The smallest absolute Gasteiger partial charge is 0.237 e. The van der Waals surface area contributed by atoms with Crippen LogP contribution in [-0.4, -0.2) is 49.6 Å². The van der Waals surface area contributed by atoms with Gasteiger partial charge < -0.3 is 10.6 Å². The molecule has 0 aromatic carbocycles. The molecular weight excluding hydrogens is 250 g/mol. The van der Waals surface area contributed by atoms with Crippen LogP contribution in [0, 0.1) is 5.92 Å². The Hall–Kier alpha value is -0.610. The van der Waals surface area contributed by atoms with E-state index in [1.165, 1.54) is 44.9 Å². The molecule has 2 rings (SSSR count). The molecule has 1 unspecified atom stereocenters. The molecule has 1 heterocycles. The lowest BCUT2D eigenvalue weighted by atomic mass is 9.94. The van der Waals surface area contributed by atoms with Crippen molar-refractivity contribution in [2.24, 2.45) is 5.92 Å². The van der Waals surface area contributed by atoms with Gasteiger partial charge in [-0.2, -0.15) is 0 Å². The number of hydrogen-bond donors (Lipinski definition) is 2. The average molecular weight is 281 g/mol. The van der Waals surface area contributed by atoms with E-state index in [0.29, 0.717) is 6.04 Å². The van der Waals surface area contributed by atoms with Crippen molar-refractivity contribution in [2.45, 2.75) is 64.0 Å². The molecule has 1 amide bonds. The first-order valence-corrected chi connectivity index (χ1v) is 8.39. The molecule has 0 aromatic rings. The van der Waals surface area contributed by atoms with E-state index >= 15 is 0 Å². The van der Waals surface area contributed by atoms with E-state index in [2.05, 4.69) is 22.5 Å². The summed E-state index contributed by atoms with van der Waals surface area (Å²) in [4.78, 5) is 14.7. The van der Waals surface area contributed by atoms with Crippen LogP contribution in [0.5, 0.6) is 0 Å². The van der Waals surface area contributed by atoms with Gasteiger partial charge in [0.25, 0.3) is 0 Å². The molecule has 1 aliphatic carbocycles. The van der Waals surface area contributed by atoms with Crippen molar-refractivity contribution in [2.75, 3.05) is 26.7 Å². The number of carbonyl (C=O) groups excluding carboxylic acids is 1. The van der Waals surface area contributed by atoms with Crippen LogP contribution in [0.25, 0.3) is 0 Å². The van der Waals surface area contributed by atoms with Crippen molar-refractivity contribution < 1.29 is 4.79 Å². The van der Waals surface area contributed by atoms with Gasteiger partial charge in [-0.25, -0.2) is 0 Å². The highest BCUT2D eigenvalue weighted by Crippen LogP contribution is 2.20. The van der Waals surface area contributed by atoms with E-state index in [-0.39, 0.29) is 11.9 Å². The fraction of sp³-hybridized carbons (Fsp3) is 0.938. The van der Waals surface area contributed by atoms with Gasteiger partial charge >= 0.3 is 0 Å². The number of amides is 1. The third-order valence-corrected chi connectivity index (χ3v) is 5.02. The van der Waals surface area contributed by atoms with Crippen molar-refractivity contribution in [3.05, 3.63) is 0 Å². The second-order valence-electron chi connectivity index (χ2n) is 6.56. The number of nitrogens with zero attached hydrogens (tertiary/aromatic N) is 1. The van der Waals surface area contributed by atoms with Crippen molar-refractivity contribution in [1.82, 2.24) is 15.5 Å². The summed E-state index contributed by atoms with van der Waals surface area (Å²) in [6.45, 7) is 5.30. The molecule has 0 bridgehead atoms. The van der Waals surface area contributed by atoms with Gasteiger partial charge in [0.05, 0.1) is 6.04 Å². The molecule has 0 aromatic heterocycles. The lowest BCUT2D eigenvalue weighted by Gasteiger charge is -2.36. The number of rotatable bonds is 5. The number of carbonyl (C=O) groups is 1. The maximum absolute atomic E-state index is 12.4. The summed E-state index contributed by atoms with van der Waals surface area (Å²) in [6, 6.07) is 0.466. The molecule has 2 N–H and O–H groups in total. The van der Waals surface area contributed by atoms with Crippen LogP contribution in [0.1, 0.15) is 51.9 Å². The fourth-order valence-electron chi connectivity index (χ4n) is 3.57. The summed E-state index contributed by atoms with van der Waals surface area (Å²) in [5.74, 6) is 1.02. The Morgan fingerprint density at radius 1 is 1.15 bits per heavy atom. The van der Waals surface area contributed by atoms with Crippen molar-refractivity contribution >= 4 is 5.91 Å². The zero-order chi connectivity index (χ0) is 14.4. The summed E-state index contributed by atoms with van der Waals surface area (Å²) in [7, 11) is 2.02. The van der Waals surface area contributed by atoms with E-state index < -0.39 is 0 Å². The van der Waals surface area contributed by atoms with Crippen molar-refractivity contribution in [3.8, 4) is 0 Å². The second-order valence-corrected chi connectivity index (χ2v) is 6.56. The van der Waals surface area contributed by atoms with Gasteiger partial charge in [-0.1, -0.05) is 19.3 Å². The molecule has 1 saturated heterocycles. The molecule has 4 nitrogen and oxygen atoms in total. The third-order valence-electron chi connectivity index (χ3n) is 5.02. The Bertz CT molecular complexity index is 294. The molecule has 1 atom stereocenters. The van der Waals surface area contributed by atoms with Crippen LogP contribution < -0.4 is 10.6 Å². The van der Waals surface area contributed by atoms with E-state index in [4.69, 9.17) is 0 Å². The van der Waals surface area contributed by atoms with E-state index in [0.717, 1.165) is 25.6 Å². The van der Waals surface area contributed by atoms with Gasteiger partial charge in [-0.05, 0) is 65.2 Å². The standard InChI is InChI=1S/C16H31N3O/c1-13(16(20)18-15-6-4-3-5-7-15)19-10-8-14(9-11-19)12-17-2/h13-15,17H,3-12H2,1-2H3,(H,18,20). The molecule has 2 fully saturated rings. The molecule has 0 radical (unpaired) electrons. The highest BCUT2D eigenvalue weighted by atomic mass is 16.2. The predicted molar refractivity (Wildman–Crippen MR) is 82.7 cm³/mol. The van der Waals surface area contributed by atoms with Gasteiger partial charge in [0, 0.05) is 6.04 Å². The van der Waals surface area contributed by atoms with E-state index in [1.807, 2.05) is 7.05 Å². The van der Waals surface area contributed by atoms with Crippen LogP contribution in [0.3, 0.4) is 0 Å². The monoisotopic (exact) mass is 281 g/mol. The lowest BCUT2D eigenvalue weighted by Crippen LogP contribution is -2.51. The average Bonchev–Trinajstić information content (AvgIpc) is 2.48. The van der Waals surface area contributed by atoms with Gasteiger partial charge in [0.2, 0.25) is 5.91 Å². The van der Waals surface area contributed by atoms with Crippen LogP contribution in [0.2, 0.25) is 0 Å². The molecular formula is C16H31N3O. The summed E-state index contributed by atoms with van der Waals surface area (Å²) >= 11 is 0. The molecule has 4 heteroatoms. The highest BCUT2D eigenvalue weighted by Gasteiger charge is 2.27. The summed E-state index contributed by atoms with van der Waals surface area (Å²) in [6.07, 6.45) is 8.64. The Morgan fingerprint density at radius 3 is 2.40 bits per heavy atom. The van der Waals surface area contributed by atoms with Gasteiger partial charge in [-0.15, -0.1) is 0 Å². The molecule has 1 aliphatic heterocycles. The fourth-order valence-corrected chi connectivity index (χ4v) is 3.57. The zero-order valence-corrected chi connectivity index (χ0v) is 13.2. The van der Waals surface area contributed by atoms with Gasteiger partial charge in [0.1, 0.15) is 0 Å². The Kier molecular flexibility index (Phi) is 6.30. The highest BCUT2D eigenvalue weighted by molar-refractivity contribution is 5.81. The number of piperidine rings is 1. The first-order chi connectivity index (χ1) is 9.70. The van der Waals surface area contributed by atoms with Crippen molar-refractivity contribution in [3.63, 3.8) is 0 Å². The Morgan fingerprint density at radius 2 is 1.80 bits per heavy atom. The maximum atomic E-state index is 12.4. The van der Waals surface area contributed by atoms with Crippen LogP contribution in [-0.2, 0) is 4.79 Å².